The zero-order valence-corrected chi connectivity index (χ0v) is 13.6. The molecule has 0 aliphatic carbocycles. The fraction of sp³-hybridized carbons (Fsp3) is 0.833. The van der Waals surface area contributed by atoms with Crippen molar-refractivity contribution in [1.82, 2.24) is 5.32 Å². The Bertz CT molecular complexity index is 300. The fourth-order valence-corrected chi connectivity index (χ4v) is 3.28. The molecule has 0 aromatic rings. The molecule has 1 heterocycles. The number of carbonyl (C=O) groups is 2. The Morgan fingerprint density at radius 1 is 1.43 bits per heavy atom. The second kappa shape index (κ2) is 13.2. The second-order valence-corrected chi connectivity index (χ2v) is 6.73. The minimum absolute atomic E-state index is 0.326. The predicted octanol–water partition coefficient (Wildman–Crippen LogP) is -0.354. The summed E-state index contributed by atoms with van der Waals surface area (Å²) in [4.78, 5) is 20.6. The normalized spacial score (nSPS) is 19.8. The highest BCUT2D eigenvalue weighted by Gasteiger charge is 2.17. The minimum Gasteiger partial charge on any atom is -0.480 e. The van der Waals surface area contributed by atoms with E-state index in [4.69, 9.17) is 21.7 Å². The van der Waals surface area contributed by atoms with Gasteiger partial charge in [0.1, 0.15) is 12.1 Å². The van der Waals surface area contributed by atoms with Crippen LogP contribution in [0.2, 0.25) is 0 Å². The van der Waals surface area contributed by atoms with Crippen LogP contribution in [0.4, 0.5) is 0 Å². The molecule has 21 heavy (non-hydrogen) atoms. The van der Waals surface area contributed by atoms with Crippen LogP contribution in [-0.2, 0) is 9.59 Å². The number of nitrogens with one attached hydrogen (secondary N) is 1. The fourth-order valence-electron chi connectivity index (χ4n) is 1.34. The standard InChI is InChI=1S/C6H14N2O2S.C6H11NO2S/c7-2-1-3-11-4-5(8)6(9)10;8-6(9)5-4-10-3-1-2-7-5/h5H,1-4,7-8H2,(H,9,10);5,7H,1-4H2,(H,8,9)/t2*5-/m00/s1. The van der Waals surface area contributed by atoms with E-state index in [2.05, 4.69) is 5.32 Å². The summed E-state index contributed by atoms with van der Waals surface area (Å²) in [5, 5.41) is 19.9. The van der Waals surface area contributed by atoms with E-state index in [1.54, 1.807) is 11.8 Å². The maximum atomic E-state index is 10.4. The van der Waals surface area contributed by atoms with Gasteiger partial charge in [0, 0.05) is 11.5 Å². The molecular weight excluding hydrogens is 314 g/mol. The van der Waals surface area contributed by atoms with E-state index in [-0.39, 0.29) is 6.04 Å². The quantitative estimate of drug-likeness (QED) is 0.394. The first-order valence-electron chi connectivity index (χ1n) is 6.79. The lowest BCUT2D eigenvalue weighted by Gasteiger charge is -2.07. The molecule has 0 aromatic carbocycles. The van der Waals surface area contributed by atoms with Crippen LogP contribution in [0.3, 0.4) is 0 Å². The molecule has 0 radical (unpaired) electrons. The van der Waals surface area contributed by atoms with Crippen LogP contribution in [0.1, 0.15) is 12.8 Å². The van der Waals surface area contributed by atoms with Crippen molar-refractivity contribution < 1.29 is 19.8 Å². The van der Waals surface area contributed by atoms with Crippen LogP contribution in [0, 0.1) is 0 Å². The van der Waals surface area contributed by atoms with Crippen molar-refractivity contribution in [3.8, 4) is 0 Å². The van der Waals surface area contributed by atoms with Crippen LogP contribution in [-0.4, -0.2) is 70.3 Å². The Morgan fingerprint density at radius 3 is 2.71 bits per heavy atom. The van der Waals surface area contributed by atoms with Crippen molar-refractivity contribution in [2.45, 2.75) is 24.9 Å². The highest BCUT2D eigenvalue weighted by molar-refractivity contribution is 7.99. The highest BCUT2D eigenvalue weighted by atomic mass is 32.2. The predicted molar refractivity (Wildman–Crippen MR) is 88.0 cm³/mol. The summed E-state index contributed by atoms with van der Waals surface area (Å²) < 4.78 is 0. The van der Waals surface area contributed by atoms with Crippen LogP contribution in [0.15, 0.2) is 0 Å². The third-order valence-corrected chi connectivity index (χ3v) is 4.86. The van der Waals surface area contributed by atoms with Gasteiger partial charge in [-0.3, -0.25) is 9.59 Å². The third kappa shape index (κ3) is 11.8. The molecule has 0 amide bonds. The second-order valence-electron chi connectivity index (χ2n) is 4.44. The zero-order valence-electron chi connectivity index (χ0n) is 12.0. The van der Waals surface area contributed by atoms with E-state index in [9.17, 15) is 9.59 Å². The summed E-state index contributed by atoms with van der Waals surface area (Å²) in [6.45, 7) is 1.49. The number of aliphatic carboxylic acids is 2. The summed E-state index contributed by atoms with van der Waals surface area (Å²) in [7, 11) is 0. The number of carboxylic acids is 2. The van der Waals surface area contributed by atoms with Gasteiger partial charge in [-0.25, -0.2) is 0 Å². The van der Waals surface area contributed by atoms with Gasteiger partial charge in [0.05, 0.1) is 0 Å². The van der Waals surface area contributed by atoms with Crippen molar-refractivity contribution in [1.29, 1.82) is 0 Å². The van der Waals surface area contributed by atoms with Gasteiger partial charge in [-0.05, 0) is 37.4 Å². The molecular formula is C12H25N3O4S2. The lowest BCUT2D eigenvalue weighted by atomic mass is 10.3. The molecule has 0 saturated carbocycles. The smallest absolute Gasteiger partial charge is 0.321 e. The van der Waals surface area contributed by atoms with Gasteiger partial charge in [-0.1, -0.05) is 0 Å². The monoisotopic (exact) mass is 339 g/mol. The lowest BCUT2D eigenvalue weighted by molar-refractivity contribution is -0.139. The number of hydrogen-bond donors (Lipinski definition) is 5. The summed E-state index contributed by atoms with van der Waals surface area (Å²) >= 11 is 3.24. The molecule has 7 N–H and O–H groups in total. The van der Waals surface area contributed by atoms with Crippen LogP contribution < -0.4 is 16.8 Å². The van der Waals surface area contributed by atoms with Crippen LogP contribution in [0.25, 0.3) is 0 Å². The molecule has 0 aromatic heterocycles. The van der Waals surface area contributed by atoms with E-state index < -0.39 is 18.0 Å². The number of rotatable bonds is 7. The lowest BCUT2D eigenvalue weighted by Crippen LogP contribution is -2.37. The zero-order chi connectivity index (χ0) is 16.1. The average molecular weight is 339 g/mol. The van der Waals surface area contributed by atoms with Gasteiger partial charge in [0.15, 0.2) is 0 Å². The topological polar surface area (TPSA) is 139 Å². The van der Waals surface area contributed by atoms with E-state index in [1.165, 1.54) is 11.8 Å². The molecule has 2 atom stereocenters. The van der Waals surface area contributed by atoms with Gasteiger partial charge in [0.25, 0.3) is 0 Å². The maximum Gasteiger partial charge on any atom is 0.321 e. The van der Waals surface area contributed by atoms with E-state index in [0.29, 0.717) is 18.1 Å². The van der Waals surface area contributed by atoms with Crippen LogP contribution >= 0.6 is 23.5 Å². The Morgan fingerprint density at radius 2 is 2.14 bits per heavy atom. The molecule has 0 unspecified atom stereocenters. The van der Waals surface area contributed by atoms with Crippen molar-refractivity contribution in [2.24, 2.45) is 11.5 Å². The van der Waals surface area contributed by atoms with Gasteiger partial charge >= 0.3 is 11.9 Å². The van der Waals surface area contributed by atoms with Crippen molar-refractivity contribution in [3.63, 3.8) is 0 Å². The van der Waals surface area contributed by atoms with Gasteiger partial charge < -0.3 is 27.0 Å². The van der Waals surface area contributed by atoms with E-state index >= 15 is 0 Å². The van der Waals surface area contributed by atoms with Gasteiger partial charge in [0.2, 0.25) is 0 Å². The molecule has 1 aliphatic heterocycles. The first kappa shape index (κ1) is 20.5. The Labute approximate surface area is 133 Å². The molecule has 1 aliphatic rings. The molecule has 124 valence electrons. The molecule has 1 saturated heterocycles. The molecule has 1 rings (SSSR count). The first-order chi connectivity index (χ1) is 9.99. The SMILES string of the molecule is NCCCSC[C@H](N)C(=O)O.O=C(O)[C@@H]1CSCCCN1. The van der Waals surface area contributed by atoms with Crippen LogP contribution in [0.5, 0.6) is 0 Å². The van der Waals surface area contributed by atoms with Gasteiger partial charge in [-0.2, -0.15) is 23.5 Å². The molecule has 1 fully saturated rings. The Balaban J connectivity index is 0.000000382. The molecule has 0 spiro atoms. The summed E-state index contributed by atoms with van der Waals surface area (Å²) in [5.74, 6) is 1.47. The molecule has 0 bridgehead atoms. The van der Waals surface area contributed by atoms with E-state index in [1.807, 2.05) is 0 Å². The summed E-state index contributed by atoms with van der Waals surface area (Å²) in [5.41, 5.74) is 10.5. The first-order valence-corrected chi connectivity index (χ1v) is 9.10. The largest absolute Gasteiger partial charge is 0.480 e. The van der Waals surface area contributed by atoms with Crippen molar-refractivity contribution in [2.75, 3.05) is 36.1 Å². The third-order valence-electron chi connectivity index (χ3n) is 2.55. The molecule has 9 heteroatoms. The highest BCUT2D eigenvalue weighted by Crippen LogP contribution is 2.08. The summed E-state index contributed by atoms with van der Waals surface area (Å²) in [6.07, 6.45) is 1.99. The number of thioether (sulfide) groups is 2. The van der Waals surface area contributed by atoms with Crippen molar-refractivity contribution >= 4 is 35.5 Å². The number of nitrogens with two attached hydrogens (primary N) is 2. The average Bonchev–Trinajstić information content (AvgIpc) is 2.73. The number of hydrogen-bond acceptors (Lipinski definition) is 7. The minimum atomic E-state index is -0.940. The molecule has 7 nitrogen and oxygen atoms in total. The Hall–Kier alpha value is -0.480. The van der Waals surface area contributed by atoms with Crippen molar-refractivity contribution in [3.05, 3.63) is 0 Å². The number of carboxylic acid groups (broad SMARTS) is 2. The van der Waals surface area contributed by atoms with Gasteiger partial charge in [-0.15, -0.1) is 0 Å². The summed E-state index contributed by atoms with van der Waals surface area (Å²) in [6, 6.07) is -1.06. The van der Waals surface area contributed by atoms with E-state index in [0.717, 1.165) is 30.9 Å². The Kier molecular flexibility index (Phi) is 12.9. The maximum absolute atomic E-state index is 10.4.